The Morgan fingerprint density at radius 1 is 0.977 bits per heavy atom. The highest BCUT2D eigenvalue weighted by molar-refractivity contribution is 5.88. The number of fused-ring (bicyclic) bond motifs is 11. The molecule has 238 valence electrons. The van der Waals surface area contributed by atoms with Crippen LogP contribution >= 0.6 is 0 Å². The smallest absolute Gasteiger partial charge is 0.331 e. The van der Waals surface area contributed by atoms with Crippen LogP contribution in [0, 0.1) is 51.2 Å². The summed E-state index contributed by atoms with van der Waals surface area (Å²) in [6.07, 6.45) is 10.7. The zero-order chi connectivity index (χ0) is 31.6. The molecule has 1 aromatic carbocycles. The van der Waals surface area contributed by atoms with Gasteiger partial charge < -0.3 is 20.1 Å². The van der Waals surface area contributed by atoms with Gasteiger partial charge in [0.1, 0.15) is 11.9 Å². The van der Waals surface area contributed by atoms with E-state index in [9.17, 15) is 24.9 Å². The molecule has 1 aliphatic heterocycles. The zero-order valence-corrected chi connectivity index (χ0v) is 27.2. The first-order valence-corrected chi connectivity index (χ1v) is 17.0. The van der Waals surface area contributed by atoms with Crippen LogP contribution in [0.2, 0.25) is 0 Å². The lowest BCUT2D eigenvalue weighted by Gasteiger charge is -2.72. The topological polar surface area (TPSA) is 104 Å². The molecule has 4 saturated carbocycles. The number of carbonyl (C=O) groups excluding carboxylic acids is 1. The van der Waals surface area contributed by atoms with Gasteiger partial charge >= 0.3 is 11.9 Å². The van der Waals surface area contributed by atoms with Crippen molar-refractivity contribution in [2.45, 2.75) is 111 Å². The second kappa shape index (κ2) is 9.47. The summed E-state index contributed by atoms with van der Waals surface area (Å²) in [6, 6.07) is 5.34. The fraction of sp³-hybridized carbons (Fsp3) is 0.684. The molecule has 44 heavy (non-hydrogen) atoms. The van der Waals surface area contributed by atoms with Gasteiger partial charge in [0.2, 0.25) is 0 Å². The molecule has 3 N–H and O–H groups in total. The van der Waals surface area contributed by atoms with Gasteiger partial charge in [0.05, 0.1) is 11.5 Å². The molecule has 1 heterocycles. The molecular formula is C38H50O6. The zero-order valence-electron chi connectivity index (χ0n) is 27.2. The van der Waals surface area contributed by atoms with Gasteiger partial charge in [-0.3, -0.25) is 4.79 Å². The molecule has 0 aromatic heterocycles. The van der Waals surface area contributed by atoms with Gasteiger partial charge in [-0.25, -0.2) is 4.79 Å². The Hall–Kier alpha value is -2.60. The molecule has 1 aromatic rings. The lowest BCUT2D eigenvalue weighted by molar-refractivity contribution is -0.223. The Kier molecular flexibility index (Phi) is 6.47. The predicted molar refractivity (Wildman–Crippen MR) is 169 cm³/mol. The van der Waals surface area contributed by atoms with Gasteiger partial charge in [-0.1, -0.05) is 59.3 Å². The number of rotatable bonds is 1. The van der Waals surface area contributed by atoms with Gasteiger partial charge in [0, 0.05) is 11.5 Å². The fourth-order valence-corrected chi connectivity index (χ4v) is 12.7. The number of aliphatic carboxylic acids is 1. The number of phenolic OH excluding ortho intramolecular Hbond substituents is 1. The first kappa shape index (κ1) is 30.1. The van der Waals surface area contributed by atoms with Crippen LogP contribution in [-0.2, 0) is 19.7 Å². The van der Waals surface area contributed by atoms with Crippen molar-refractivity contribution in [3.63, 3.8) is 0 Å². The molecule has 0 radical (unpaired) electrons. The maximum Gasteiger partial charge on any atom is 0.331 e. The van der Waals surface area contributed by atoms with Crippen molar-refractivity contribution in [3.05, 3.63) is 47.1 Å². The molecule has 0 bridgehead atoms. The van der Waals surface area contributed by atoms with E-state index in [2.05, 4.69) is 47.6 Å². The summed E-state index contributed by atoms with van der Waals surface area (Å²) in [4.78, 5) is 25.9. The molecule has 0 amide bonds. The second-order valence-electron chi connectivity index (χ2n) is 16.6. The maximum atomic E-state index is 13.0. The maximum absolute atomic E-state index is 13.0. The summed E-state index contributed by atoms with van der Waals surface area (Å²) in [5, 5.41) is 33.3. The number of aliphatic hydroxyl groups excluding tert-OH is 1. The minimum Gasteiger partial charge on any atom is -0.508 e. The lowest BCUT2D eigenvalue weighted by Crippen LogP contribution is -2.69. The largest absolute Gasteiger partial charge is 0.508 e. The average Bonchev–Trinajstić information content (AvgIpc) is 2.96. The van der Waals surface area contributed by atoms with Crippen LogP contribution in [0.15, 0.2) is 35.9 Å². The number of carboxylic acids is 1. The number of carbonyl (C=O) groups is 2. The number of carboxylic acid groups (broad SMARTS) is 1. The quantitative estimate of drug-likeness (QED) is 0.231. The van der Waals surface area contributed by atoms with Crippen molar-refractivity contribution in [3.8, 4) is 5.75 Å². The van der Waals surface area contributed by atoms with Crippen LogP contribution in [0.5, 0.6) is 5.75 Å². The number of ether oxygens (including phenoxy) is 1. The Labute approximate surface area is 262 Å². The van der Waals surface area contributed by atoms with Gasteiger partial charge in [0.15, 0.2) is 0 Å². The van der Waals surface area contributed by atoms with Crippen molar-refractivity contribution < 1.29 is 29.6 Å². The molecular weight excluding hydrogens is 552 g/mol. The number of phenols is 1. The van der Waals surface area contributed by atoms with Crippen LogP contribution in [0.3, 0.4) is 0 Å². The van der Waals surface area contributed by atoms with Crippen LogP contribution in [0.1, 0.15) is 104 Å². The van der Waals surface area contributed by atoms with Crippen molar-refractivity contribution in [2.75, 3.05) is 0 Å². The molecule has 12 atom stereocenters. The Bertz CT molecular complexity index is 1480. The summed E-state index contributed by atoms with van der Waals surface area (Å²) in [5.41, 5.74) is 1.35. The van der Waals surface area contributed by atoms with Gasteiger partial charge in [-0.05, 0) is 127 Å². The standard InChI is InChI=1S/C38H50O6/c1-21-13-16-38(33(42)43)18-17-35(4)25(31(38)22(21)2)10-11-28-34(3)20-27(40)32-37(6,29(34)14-15-36(28,35)5)26-19-24(39)9-7-23(26)8-12-30(41)44-32/h7-10,12,19,21-22,27-29,31-32,39-40H,11,13-18,20H2,1-6H3,(H,42,43)/b12-8+/t21-,22+,27-,28?,29?,31+,32+,34-,35-,36-,37+,38+/m1/s1. The predicted octanol–water partition coefficient (Wildman–Crippen LogP) is 7.28. The highest BCUT2D eigenvalue weighted by atomic mass is 16.6. The third-order valence-electron chi connectivity index (χ3n) is 15.3. The Morgan fingerprint density at radius 3 is 2.45 bits per heavy atom. The van der Waals surface area contributed by atoms with E-state index in [1.165, 1.54) is 11.6 Å². The number of allylic oxidation sites excluding steroid dienone is 2. The second-order valence-corrected chi connectivity index (χ2v) is 16.6. The highest BCUT2D eigenvalue weighted by Gasteiger charge is 2.71. The van der Waals surface area contributed by atoms with Crippen molar-refractivity contribution >= 4 is 18.0 Å². The van der Waals surface area contributed by atoms with Crippen LogP contribution in [0.25, 0.3) is 6.08 Å². The molecule has 7 rings (SSSR count). The lowest BCUT2D eigenvalue weighted by atomic mass is 9.32. The van der Waals surface area contributed by atoms with Crippen LogP contribution in [0.4, 0.5) is 0 Å². The molecule has 6 nitrogen and oxygen atoms in total. The molecule has 0 spiro atoms. The molecule has 4 fully saturated rings. The van der Waals surface area contributed by atoms with Gasteiger partial charge in [-0.15, -0.1) is 0 Å². The van der Waals surface area contributed by atoms with E-state index in [0.717, 1.165) is 56.1 Å². The third kappa shape index (κ3) is 3.58. The van der Waals surface area contributed by atoms with Crippen molar-refractivity contribution in [1.82, 2.24) is 0 Å². The first-order chi connectivity index (χ1) is 20.6. The van der Waals surface area contributed by atoms with E-state index < -0.39 is 35.0 Å². The molecule has 6 aliphatic rings. The number of aliphatic hydroxyl groups is 1. The number of hydrogen-bond donors (Lipinski definition) is 3. The Balaban J connectivity index is 1.37. The summed E-state index contributed by atoms with van der Waals surface area (Å²) in [6.45, 7) is 14.0. The highest BCUT2D eigenvalue weighted by Crippen LogP contribution is 2.76. The average molecular weight is 603 g/mol. The molecule has 0 saturated heterocycles. The number of esters is 1. The van der Waals surface area contributed by atoms with E-state index in [0.29, 0.717) is 18.3 Å². The van der Waals surface area contributed by atoms with E-state index in [-0.39, 0.29) is 39.7 Å². The van der Waals surface area contributed by atoms with E-state index in [1.54, 1.807) is 12.1 Å². The summed E-state index contributed by atoms with van der Waals surface area (Å²) in [5.74, 6) is 0.345. The van der Waals surface area contributed by atoms with E-state index >= 15 is 0 Å². The normalized spacial score (nSPS) is 50.0. The van der Waals surface area contributed by atoms with Gasteiger partial charge in [-0.2, -0.15) is 0 Å². The number of aromatic hydroxyl groups is 1. The minimum atomic E-state index is -0.849. The molecule has 5 aliphatic carbocycles. The van der Waals surface area contributed by atoms with E-state index in [4.69, 9.17) is 4.74 Å². The van der Waals surface area contributed by atoms with Gasteiger partial charge in [0.25, 0.3) is 0 Å². The van der Waals surface area contributed by atoms with Crippen molar-refractivity contribution in [1.29, 1.82) is 0 Å². The minimum absolute atomic E-state index is 0.0521. The van der Waals surface area contributed by atoms with Crippen LogP contribution < -0.4 is 0 Å². The fourth-order valence-electron chi connectivity index (χ4n) is 12.7. The summed E-state index contributed by atoms with van der Waals surface area (Å²) in [7, 11) is 0. The monoisotopic (exact) mass is 602 g/mol. The number of benzene rings is 1. The molecule has 2 unspecified atom stereocenters. The van der Waals surface area contributed by atoms with Crippen molar-refractivity contribution in [2.24, 2.45) is 51.2 Å². The summed E-state index contributed by atoms with van der Waals surface area (Å²) < 4.78 is 6.06. The SMILES string of the molecule is C[C@H]1[C@H](C)CC[C@]2(C(=O)O)CC[C@]3(C)C(=CCC4[C@@]5(C)C[C@@H](O)[C@@H]6OC(=O)/C=C/c7ccc(O)cc7[C@@]6(C)C5CC[C@]43C)[C@H]12. The number of hydrogen-bond acceptors (Lipinski definition) is 5. The molecule has 6 heteroatoms. The summed E-state index contributed by atoms with van der Waals surface area (Å²) >= 11 is 0. The van der Waals surface area contributed by atoms with E-state index in [1.807, 2.05) is 12.1 Å². The van der Waals surface area contributed by atoms with Crippen LogP contribution in [-0.4, -0.2) is 39.5 Å². The first-order valence-electron chi connectivity index (χ1n) is 17.0. The Morgan fingerprint density at radius 2 is 1.73 bits per heavy atom. The third-order valence-corrected chi connectivity index (χ3v) is 15.3.